The van der Waals surface area contributed by atoms with E-state index >= 15 is 0 Å². The average Bonchev–Trinajstić information content (AvgIpc) is 3.30. The molecule has 1 saturated carbocycles. The second-order valence-corrected chi connectivity index (χ2v) is 5.83. The zero-order chi connectivity index (χ0) is 13.9. The van der Waals surface area contributed by atoms with Crippen LogP contribution in [0.1, 0.15) is 30.9 Å². The molecule has 22 heavy (non-hydrogen) atoms. The van der Waals surface area contributed by atoms with Gasteiger partial charge in [0.1, 0.15) is 0 Å². The van der Waals surface area contributed by atoms with Crippen molar-refractivity contribution in [2.24, 2.45) is 5.92 Å². The topological polar surface area (TPSA) is 58.4 Å². The Morgan fingerprint density at radius 3 is 2.27 bits per heavy atom. The molecule has 2 aliphatic rings. The van der Waals surface area contributed by atoms with Crippen molar-refractivity contribution in [2.75, 3.05) is 26.2 Å². The summed E-state index contributed by atoms with van der Waals surface area (Å²) in [6.45, 7) is 4.20. The lowest BCUT2D eigenvalue weighted by molar-refractivity contribution is -0.384. The average molecular weight is 348 g/mol. The predicted molar refractivity (Wildman–Crippen MR) is 92.1 cm³/mol. The molecule has 1 N–H and O–H groups in total. The van der Waals surface area contributed by atoms with Gasteiger partial charge in [0, 0.05) is 44.4 Å². The highest BCUT2D eigenvalue weighted by Crippen LogP contribution is 2.40. The molecule has 5 nitrogen and oxygen atoms in total. The van der Waals surface area contributed by atoms with Crippen molar-refractivity contribution in [2.45, 2.75) is 25.3 Å². The maximum absolute atomic E-state index is 10.8. The van der Waals surface area contributed by atoms with Gasteiger partial charge in [-0.3, -0.25) is 15.0 Å². The molecule has 3 rings (SSSR count). The van der Waals surface area contributed by atoms with Crippen LogP contribution in [0.2, 0.25) is 0 Å². The minimum atomic E-state index is -0.329. The third-order valence-corrected chi connectivity index (χ3v) is 4.33. The first kappa shape index (κ1) is 19.2. The van der Waals surface area contributed by atoms with Crippen LogP contribution in [0.3, 0.4) is 0 Å². The second-order valence-electron chi connectivity index (χ2n) is 5.83. The summed E-state index contributed by atoms with van der Waals surface area (Å²) in [4.78, 5) is 13.0. The highest BCUT2D eigenvalue weighted by molar-refractivity contribution is 5.85. The van der Waals surface area contributed by atoms with Crippen molar-refractivity contribution in [3.63, 3.8) is 0 Å². The van der Waals surface area contributed by atoms with Crippen LogP contribution in [0.4, 0.5) is 5.69 Å². The molecule has 0 spiro atoms. The molecule has 0 radical (unpaired) electrons. The molecule has 1 atom stereocenters. The van der Waals surface area contributed by atoms with Crippen LogP contribution in [0.15, 0.2) is 24.3 Å². The number of piperazine rings is 1. The minimum absolute atomic E-state index is 0. The van der Waals surface area contributed by atoms with E-state index in [2.05, 4.69) is 10.2 Å². The van der Waals surface area contributed by atoms with Gasteiger partial charge in [-0.25, -0.2) is 0 Å². The van der Waals surface area contributed by atoms with Gasteiger partial charge in [0.05, 0.1) is 4.92 Å². The quantitative estimate of drug-likeness (QED) is 0.656. The SMILES string of the molecule is Cl.Cl.O=[N+]([O-])c1ccc([C@@H](CC2CC2)N2CCNCC2)cc1. The second kappa shape index (κ2) is 8.67. The Hall–Kier alpha value is -0.880. The molecule has 0 unspecified atom stereocenters. The lowest BCUT2D eigenvalue weighted by Gasteiger charge is -2.35. The zero-order valence-electron chi connectivity index (χ0n) is 12.4. The van der Waals surface area contributed by atoms with Gasteiger partial charge in [-0.05, 0) is 17.9 Å². The van der Waals surface area contributed by atoms with Crippen molar-refractivity contribution >= 4 is 30.5 Å². The summed E-state index contributed by atoms with van der Waals surface area (Å²) in [6.07, 6.45) is 3.88. The minimum Gasteiger partial charge on any atom is -0.314 e. The molecule has 0 amide bonds. The summed E-state index contributed by atoms with van der Waals surface area (Å²) in [5, 5.41) is 14.1. The van der Waals surface area contributed by atoms with Crippen molar-refractivity contribution < 1.29 is 4.92 Å². The number of rotatable bonds is 5. The Kier molecular flexibility index (Phi) is 7.56. The molecule has 1 saturated heterocycles. The lowest BCUT2D eigenvalue weighted by Crippen LogP contribution is -2.45. The molecule has 1 aliphatic carbocycles. The van der Waals surface area contributed by atoms with E-state index in [0.717, 1.165) is 32.1 Å². The van der Waals surface area contributed by atoms with Crippen LogP contribution in [-0.4, -0.2) is 36.0 Å². The van der Waals surface area contributed by atoms with Crippen LogP contribution < -0.4 is 5.32 Å². The van der Waals surface area contributed by atoms with Gasteiger partial charge in [-0.2, -0.15) is 0 Å². The van der Waals surface area contributed by atoms with Gasteiger partial charge in [0.2, 0.25) is 0 Å². The van der Waals surface area contributed by atoms with Crippen molar-refractivity contribution in [3.05, 3.63) is 39.9 Å². The molecule has 1 heterocycles. The number of non-ortho nitro benzene ring substituents is 1. The largest absolute Gasteiger partial charge is 0.314 e. The maximum Gasteiger partial charge on any atom is 0.269 e. The molecule has 0 aromatic heterocycles. The fourth-order valence-corrected chi connectivity index (χ4v) is 2.98. The van der Waals surface area contributed by atoms with E-state index in [4.69, 9.17) is 0 Å². The molecule has 0 bridgehead atoms. The van der Waals surface area contributed by atoms with E-state index in [9.17, 15) is 10.1 Å². The Labute approximate surface area is 143 Å². The van der Waals surface area contributed by atoms with Crippen molar-refractivity contribution in [1.82, 2.24) is 10.2 Å². The van der Waals surface area contributed by atoms with E-state index in [-0.39, 0.29) is 35.4 Å². The third-order valence-electron chi connectivity index (χ3n) is 4.33. The lowest BCUT2D eigenvalue weighted by atomic mass is 9.98. The summed E-state index contributed by atoms with van der Waals surface area (Å²) in [5.74, 6) is 0.852. The summed E-state index contributed by atoms with van der Waals surface area (Å²) >= 11 is 0. The summed E-state index contributed by atoms with van der Waals surface area (Å²) in [5.41, 5.74) is 1.41. The maximum atomic E-state index is 10.8. The van der Waals surface area contributed by atoms with E-state index in [1.54, 1.807) is 12.1 Å². The Morgan fingerprint density at radius 1 is 1.18 bits per heavy atom. The van der Waals surface area contributed by atoms with E-state index in [1.165, 1.54) is 24.8 Å². The highest BCUT2D eigenvalue weighted by Gasteiger charge is 2.30. The number of nitrogens with one attached hydrogen (secondary N) is 1. The molecule has 1 aliphatic heterocycles. The van der Waals surface area contributed by atoms with Crippen molar-refractivity contribution in [3.8, 4) is 0 Å². The van der Waals surface area contributed by atoms with Gasteiger partial charge in [0.25, 0.3) is 5.69 Å². The van der Waals surface area contributed by atoms with Gasteiger partial charge in [-0.1, -0.05) is 25.0 Å². The summed E-state index contributed by atoms with van der Waals surface area (Å²) < 4.78 is 0. The normalized spacial score (nSPS) is 19.6. The highest BCUT2D eigenvalue weighted by atomic mass is 35.5. The first-order valence-corrected chi connectivity index (χ1v) is 7.43. The number of nitrogens with zero attached hydrogens (tertiary/aromatic N) is 2. The van der Waals surface area contributed by atoms with Crippen molar-refractivity contribution in [1.29, 1.82) is 0 Å². The number of hydrogen-bond acceptors (Lipinski definition) is 4. The van der Waals surface area contributed by atoms with Gasteiger partial charge >= 0.3 is 0 Å². The van der Waals surface area contributed by atoms with Crippen LogP contribution in [0, 0.1) is 16.0 Å². The smallest absolute Gasteiger partial charge is 0.269 e. The van der Waals surface area contributed by atoms with Gasteiger partial charge in [-0.15, -0.1) is 24.8 Å². The number of hydrogen-bond donors (Lipinski definition) is 1. The Bertz CT molecular complexity index is 474. The fourth-order valence-electron chi connectivity index (χ4n) is 2.98. The number of benzene rings is 1. The first-order valence-electron chi connectivity index (χ1n) is 7.43. The molecule has 1 aromatic carbocycles. The molecular weight excluding hydrogens is 325 g/mol. The Balaban J connectivity index is 0.00000121. The van der Waals surface area contributed by atoms with E-state index in [1.807, 2.05) is 12.1 Å². The van der Waals surface area contributed by atoms with Crippen LogP contribution in [0.5, 0.6) is 0 Å². The number of nitro groups is 1. The fraction of sp³-hybridized carbons (Fsp3) is 0.600. The van der Waals surface area contributed by atoms with E-state index in [0.29, 0.717) is 6.04 Å². The van der Waals surface area contributed by atoms with Gasteiger partial charge in [0.15, 0.2) is 0 Å². The molecule has 1 aromatic rings. The van der Waals surface area contributed by atoms with Crippen LogP contribution in [0.25, 0.3) is 0 Å². The molecule has 124 valence electrons. The zero-order valence-corrected chi connectivity index (χ0v) is 14.1. The predicted octanol–water partition coefficient (Wildman–Crippen LogP) is 3.18. The first-order chi connectivity index (χ1) is 9.74. The number of halogens is 2. The molecular formula is C15H23Cl2N3O2. The Morgan fingerprint density at radius 2 is 1.77 bits per heavy atom. The van der Waals surface area contributed by atoms with Gasteiger partial charge < -0.3 is 5.32 Å². The number of nitro benzene ring substituents is 1. The third kappa shape index (κ3) is 4.81. The molecule has 7 heteroatoms. The van der Waals surface area contributed by atoms with Crippen LogP contribution >= 0.6 is 24.8 Å². The summed E-state index contributed by atoms with van der Waals surface area (Å²) in [7, 11) is 0. The summed E-state index contributed by atoms with van der Waals surface area (Å²) in [6, 6.07) is 7.57. The van der Waals surface area contributed by atoms with Crippen LogP contribution in [-0.2, 0) is 0 Å². The van der Waals surface area contributed by atoms with E-state index < -0.39 is 0 Å². The standard InChI is InChI=1S/C15H21N3O2.2ClH/c19-18(20)14-5-3-13(4-6-14)15(11-12-1-2-12)17-9-7-16-8-10-17;;/h3-6,12,15-16H,1-2,7-11H2;2*1H/t15-;;/m1../s1. The monoisotopic (exact) mass is 347 g/mol. The molecule has 2 fully saturated rings.